The fraction of sp³-hybridized carbons (Fsp3) is 0.238. The molecule has 170 valence electrons. The number of carbonyl (C=O) groups excluding carboxylic acids is 2. The Balaban J connectivity index is 1.50. The average Bonchev–Trinajstić information content (AvgIpc) is 3.15. The number of anilines is 1. The van der Waals surface area contributed by atoms with Crippen LogP contribution in [0.4, 0.5) is 10.5 Å². The van der Waals surface area contributed by atoms with E-state index in [2.05, 4.69) is 15.4 Å². The molecule has 0 bridgehead atoms. The van der Waals surface area contributed by atoms with Gasteiger partial charge in [-0.3, -0.25) is 24.2 Å². The third kappa shape index (κ3) is 4.59. The topological polar surface area (TPSA) is 148 Å². The SMILES string of the molecule is CCOC(=O)Nc1ccc2c(COC(=O)Cn3cnc4c(cnn4C)c3=O)cc(=O)oc2c1. The smallest absolute Gasteiger partial charge is 0.411 e. The maximum absolute atomic E-state index is 12.5. The summed E-state index contributed by atoms with van der Waals surface area (Å²) < 4.78 is 17.9. The van der Waals surface area contributed by atoms with Crippen molar-refractivity contribution in [2.45, 2.75) is 20.1 Å². The van der Waals surface area contributed by atoms with E-state index in [1.165, 1.54) is 29.3 Å². The van der Waals surface area contributed by atoms with Crippen molar-refractivity contribution in [2.24, 2.45) is 7.05 Å². The molecule has 1 N–H and O–H groups in total. The van der Waals surface area contributed by atoms with Crippen molar-refractivity contribution in [3.63, 3.8) is 0 Å². The molecule has 0 saturated carbocycles. The third-order valence-electron chi connectivity index (χ3n) is 4.76. The van der Waals surface area contributed by atoms with Gasteiger partial charge in [0, 0.05) is 35.8 Å². The number of nitrogens with zero attached hydrogens (tertiary/aromatic N) is 4. The molecule has 0 fully saturated rings. The summed E-state index contributed by atoms with van der Waals surface area (Å²) >= 11 is 0. The minimum Gasteiger partial charge on any atom is -0.459 e. The quantitative estimate of drug-likeness (QED) is 0.339. The van der Waals surface area contributed by atoms with E-state index in [4.69, 9.17) is 13.9 Å². The number of hydrogen-bond donors (Lipinski definition) is 1. The molecule has 0 aliphatic heterocycles. The fourth-order valence-corrected chi connectivity index (χ4v) is 3.23. The molecule has 0 aliphatic carbocycles. The summed E-state index contributed by atoms with van der Waals surface area (Å²) in [6, 6.07) is 5.89. The van der Waals surface area contributed by atoms with E-state index in [0.717, 1.165) is 4.57 Å². The highest BCUT2D eigenvalue weighted by Crippen LogP contribution is 2.22. The number of rotatable bonds is 6. The first kappa shape index (κ1) is 21.7. The molecular weight excluding hydrogens is 434 g/mol. The largest absolute Gasteiger partial charge is 0.459 e. The van der Waals surface area contributed by atoms with Crippen molar-refractivity contribution in [2.75, 3.05) is 11.9 Å². The highest BCUT2D eigenvalue weighted by Gasteiger charge is 2.14. The van der Waals surface area contributed by atoms with Crippen LogP contribution in [0, 0.1) is 0 Å². The first-order valence-corrected chi connectivity index (χ1v) is 9.89. The average molecular weight is 453 g/mol. The van der Waals surface area contributed by atoms with Crippen LogP contribution in [-0.4, -0.2) is 38.0 Å². The van der Waals surface area contributed by atoms with Crippen molar-refractivity contribution >= 4 is 39.8 Å². The highest BCUT2D eigenvalue weighted by atomic mass is 16.5. The molecule has 1 aromatic carbocycles. The van der Waals surface area contributed by atoms with E-state index >= 15 is 0 Å². The van der Waals surface area contributed by atoms with Gasteiger partial charge in [-0.05, 0) is 19.1 Å². The van der Waals surface area contributed by atoms with E-state index in [9.17, 15) is 19.2 Å². The Bertz CT molecular complexity index is 1480. The zero-order valence-corrected chi connectivity index (χ0v) is 17.7. The first-order chi connectivity index (χ1) is 15.9. The van der Waals surface area contributed by atoms with Crippen molar-refractivity contribution in [3.8, 4) is 0 Å². The van der Waals surface area contributed by atoms with Gasteiger partial charge in [0.25, 0.3) is 5.56 Å². The molecule has 0 spiro atoms. The van der Waals surface area contributed by atoms with Crippen molar-refractivity contribution in [1.29, 1.82) is 0 Å². The van der Waals surface area contributed by atoms with Gasteiger partial charge in [-0.1, -0.05) is 0 Å². The molecule has 4 rings (SSSR count). The lowest BCUT2D eigenvalue weighted by atomic mass is 10.1. The molecule has 1 amide bonds. The number of nitrogens with one attached hydrogen (secondary N) is 1. The van der Waals surface area contributed by atoms with Crippen LogP contribution < -0.4 is 16.5 Å². The molecule has 0 aliphatic rings. The van der Waals surface area contributed by atoms with Crippen molar-refractivity contribution in [3.05, 3.63) is 63.1 Å². The molecule has 0 radical (unpaired) electrons. The van der Waals surface area contributed by atoms with Crippen LogP contribution >= 0.6 is 0 Å². The maximum atomic E-state index is 12.5. The molecule has 3 heterocycles. The zero-order valence-electron chi connectivity index (χ0n) is 17.7. The highest BCUT2D eigenvalue weighted by molar-refractivity contribution is 5.90. The summed E-state index contributed by atoms with van der Waals surface area (Å²) in [5.41, 5.74) is 0.317. The van der Waals surface area contributed by atoms with Gasteiger partial charge in [-0.15, -0.1) is 0 Å². The van der Waals surface area contributed by atoms with Crippen LogP contribution in [0.5, 0.6) is 0 Å². The summed E-state index contributed by atoms with van der Waals surface area (Å²) in [6.07, 6.45) is 1.99. The van der Waals surface area contributed by atoms with Crippen molar-refractivity contribution < 1.29 is 23.5 Å². The lowest BCUT2D eigenvalue weighted by Crippen LogP contribution is -2.25. The molecule has 0 atom stereocenters. The van der Waals surface area contributed by atoms with E-state index in [1.54, 1.807) is 26.1 Å². The summed E-state index contributed by atoms with van der Waals surface area (Å²) in [5.74, 6) is -0.691. The zero-order chi connectivity index (χ0) is 23.5. The number of esters is 1. The van der Waals surface area contributed by atoms with E-state index in [0.29, 0.717) is 22.3 Å². The summed E-state index contributed by atoms with van der Waals surface area (Å²) in [4.78, 5) is 52.5. The first-order valence-electron chi connectivity index (χ1n) is 9.89. The van der Waals surface area contributed by atoms with Gasteiger partial charge in [0.15, 0.2) is 5.65 Å². The summed E-state index contributed by atoms with van der Waals surface area (Å²) in [7, 11) is 1.66. The predicted molar refractivity (Wildman–Crippen MR) is 116 cm³/mol. The Morgan fingerprint density at radius 3 is 2.76 bits per heavy atom. The van der Waals surface area contributed by atoms with Crippen LogP contribution in [0.2, 0.25) is 0 Å². The molecular formula is C21H19N5O7. The van der Waals surface area contributed by atoms with Gasteiger partial charge in [0.05, 0.1) is 12.8 Å². The fourth-order valence-electron chi connectivity index (χ4n) is 3.23. The van der Waals surface area contributed by atoms with Crippen LogP contribution in [0.15, 0.2) is 50.8 Å². The Kier molecular flexibility index (Phi) is 5.89. The molecule has 3 aromatic heterocycles. The number of aromatic nitrogens is 4. The summed E-state index contributed by atoms with van der Waals surface area (Å²) in [6.45, 7) is 1.31. The normalized spacial score (nSPS) is 11.0. The number of ether oxygens (including phenoxy) is 2. The Morgan fingerprint density at radius 2 is 1.97 bits per heavy atom. The minimum absolute atomic E-state index is 0.199. The van der Waals surface area contributed by atoms with Crippen LogP contribution in [0.3, 0.4) is 0 Å². The second-order valence-electron chi connectivity index (χ2n) is 6.99. The van der Waals surface area contributed by atoms with E-state index in [1.807, 2.05) is 0 Å². The molecule has 12 heteroatoms. The second kappa shape index (κ2) is 8.94. The number of benzene rings is 1. The number of hydrogen-bond acceptors (Lipinski definition) is 9. The molecule has 0 saturated heterocycles. The van der Waals surface area contributed by atoms with Gasteiger partial charge >= 0.3 is 17.7 Å². The third-order valence-corrected chi connectivity index (χ3v) is 4.76. The standard InChI is InChI=1S/C21H19N5O7/c1-3-31-21(30)24-13-4-5-14-12(6-17(27)33-16(14)7-13)10-32-18(28)9-26-11-22-19-15(20(26)29)8-23-25(19)2/h4-8,11H,3,9-10H2,1-2H3,(H,24,30). The van der Waals surface area contributed by atoms with Gasteiger partial charge in [0.2, 0.25) is 0 Å². The lowest BCUT2D eigenvalue weighted by molar-refractivity contribution is -0.145. The molecule has 0 unspecified atom stereocenters. The Hall–Kier alpha value is -4.48. The minimum atomic E-state index is -0.691. The maximum Gasteiger partial charge on any atom is 0.411 e. The Labute approximate surface area is 185 Å². The van der Waals surface area contributed by atoms with Gasteiger partial charge < -0.3 is 13.9 Å². The number of carbonyl (C=O) groups is 2. The molecule has 4 aromatic rings. The van der Waals surface area contributed by atoms with E-state index in [-0.39, 0.29) is 30.7 Å². The second-order valence-corrected chi connectivity index (χ2v) is 6.99. The van der Waals surface area contributed by atoms with Crippen LogP contribution in [0.1, 0.15) is 12.5 Å². The van der Waals surface area contributed by atoms with Crippen molar-refractivity contribution in [1.82, 2.24) is 19.3 Å². The summed E-state index contributed by atoms with van der Waals surface area (Å²) in [5, 5.41) is 7.30. The number of amides is 1. The van der Waals surface area contributed by atoms with E-state index < -0.39 is 23.2 Å². The Morgan fingerprint density at radius 1 is 1.15 bits per heavy atom. The van der Waals surface area contributed by atoms with Gasteiger partial charge in [-0.2, -0.15) is 5.10 Å². The predicted octanol–water partition coefficient (Wildman–Crippen LogP) is 1.55. The monoisotopic (exact) mass is 453 g/mol. The molecule has 12 nitrogen and oxygen atoms in total. The van der Waals surface area contributed by atoms with Gasteiger partial charge in [0.1, 0.15) is 30.4 Å². The lowest BCUT2D eigenvalue weighted by Gasteiger charge is -2.10. The van der Waals surface area contributed by atoms with Crippen LogP contribution in [0.25, 0.3) is 22.0 Å². The van der Waals surface area contributed by atoms with Gasteiger partial charge in [-0.25, -0.2) is 14.6 Å². The molecule has 33 heavy (non-hydrogen) atoms. The number of aryl methyl sites for hydroxylation is 1. The van der Waals surface area contributed by atoms with Crippen LogP contribution in [-0.2, 0) is 34.5 Å². The number of fused-ring (bicyclic) bond motifs is 2.